The maximum Gasteiger partial charge on any atom is 0.345 e. The fourth-order valence-corrected chi connectivity index (χ4v) is 4.71. The van der Waals surface area contributed by atoms with Crippen LogP contribution < -0.4 is 20.6 Å². The first-order valence-corrected chi connectivity index (χ1v) is 12.3. The number of benzene rings is 3. The topological polar surface area (TPSA) is 67.6 Å². The van der Waals surface area contributed by atoms with Gasteiger partial charge in [-0.15, -0.1) is 11.3 Å². The highest BCUT2D eigenvalue weighted by molar-refractivity contribution is 7.14. The molecule has 0 aliphatic carbocycles. The first-order valence-electron chi connectivity index (χ1n) is 11.4. The maximum absolute atomic E-state index is 12.9. The minimum absolute atomic E-state index is 0.408. The molecule has 0 unspecified atom stereocenters. The van der Waals surface area contributed by atoms with Crippen LogP contribution in [0.15, 0.2) is 93.5 Å². The van der Waals surface area contributed by atoms with Crippen molar-refractivity contribution in [1.29, 1.82) is 0 Å². The number of hydrogen-bond acceptors (Lipinski definition) is 7. The molecule has 5 aromatic rings. The number of nitrogens with zero attached hydrogens (tertiary/aromatic N) is 2. The van der Waals surface area contributed by atoms with Gasteiger partial charge in [-0.3, -0.25) is 0 Å². The summed E-state index contributed by atoms with van der Waals surface area (Å²) in [6.07, 6.45) is 0. The van der Waals surface area contributed by atoms with Gasteiger partial charge >= 0.3 is 5.63 Å². The van der Waals surface area contributed by atoms with Gasteiger partial charge in [0.2, 0.25) is 0 Å². The van der Waals surface area contributed by atoms with Crippen LogP contribution in [0.25, 0.3) is 22.2 Å². The van der Waals surface area contributed by atoms with Gasteiger partial charge in [0.1, 0.15) is 11.3 Å². The molecule has 0 atom stereocenters. The average Bonchev–Trinajstić information content (AvgIpc) is 3.35. The number of rotatable bonds is 8. The quantitative estimate of drug-likeness (QED) is 0.248. The molecule has 3 aromatic carbocycles. The molecule has 7 heteroatoms. The Kier molecular flexibility index (Phi) is 6.50. The third kappa shape index (κ3) is 4.90. The van der Waals surface area contributed by atoms with Gasteiger partial charge in [0, 0.05) is 35.6 Å². The Bertz CT molecular complexity index is 1510. The molecule has 0 spiro atoms. The van der Waals surface area contributed by atoms with Crippen molar-refractivity contribution in [2.75, 3.05) is 23.9 Å². The van der Waals surface area contributed by atoms with E-state index in [-0.39, 0.29) is 0 Å². The van der Waals surface area contributed by atoms with E-state index >= 15 is 0 Å². The molecule has 35 heavy (non-hydrogen) atoms. The second-order valence-electron chi connectivity index (χ2n) is 8.03. The number of para-hydroxylation sites is 2. The van der Waals surface area contributed by atoms with Gasteiger partial charge in [-0.1, -0.05) is 42.5 Å². The number of hydrogen-bond donors (Lipinski definition) is 1. The van der Waals surface area contributed by atoms with Crippen LogP contribution in [0.2, 0.25) is 0 Å². The molecule has 2 heterocycles. The SMILES string of the molecule is CCN(Cc1ccccc1)c1ccc2cc(-c3csc(Nc4ccccc4OC)n3)c(=O)oc2c1. The minimum atomic E-state index is -0.408. The Labute approximate surface area is 207 Å². The van der Waals surface area contributed by atoms with Crippen molar-refractivity contribution in [3.8, 4) is 17.0 Å². The molecule has 0 saturated carbocycles. The summed E-state index contributed by atoms with van der Waals surface area (Å²) >= 11 is 1.42. The first kappa shape index (κ1) is 22.7. The molecule has 0 fully saturated rings. The second kappa shape index (κ2) is 10.0. The summed E-state index contributed by atoms with van der Waals surface area (Å²) in [6.45, 7) is 3.74. The Morgan fingerprint density at radius 2 is 1.83 bits per heavy atom. The zero-order valence-corrected chi connectivity index (χ0v) is 20.3. The van der Waals surface area contributed by atoms with E-state index in [2.05, 4.69) is 40.3 Å². The van der Waals surface area contributed by atoms with Gasteiger partial charge in [-0.2, -0.15) is 0 Å². The number of nitrogens with one attached hydrogen (secondary N) is 1. The van der Waals surface area contributed by atoms with Crippen LogP contribution in [0, 0.1) is 0 Å². The molecule has 0 saturated heterocycles. The van der Waals surface area contributed by atoms with Crippen molar-refractivity contribution < 1.29 is 9.15 Å². The normalized spacial score (nSPS) is 10.9. The van der Waals surface area contributed by atoms with E-state index in [4.69, 9.17) is 9.15 Å². The van der Waals surface area contributed by atoms with E-state index in [1.54, 1.807) is 7.11 Å². The van der Waals surface area contributed by atoms with Gasteiger partial charge in [-0.05, 0) is 42.8 Å². The lowest BCUT2D eigenvalue weighted by molar-refractivity contribution is 0.417. The molecule has 0 amide bonds. The van der Waals surface area contributed by atoms with E-state index in [1.807, 2.05) is 66.0 Å². The molecular weight excluding hydrogens is 458 g/mol. The molecule has 0 aliphatic heterocycles. The highest BCUT2D eigenvalue weighted by Crippen LogP contribution is 2.31. The number of thiazole rings is 1. The van der Waals surface area contributed by atoms with Crippen molar-refractivity contribution in [2.45, 2.75) is 13.5 Å². The van der Waals surface area contributed by atoms with Gasteiger partial charge in [0.05, 0.1) is 24.1 Å². The van der Waals surface area contributed by atoms with Crippen molar-refractivity contribution >= 4 is 38.8 Å². The summed E-state index contributed by atoms with van der Waals surface area (Å²) < 4.78 is 11.1. The van der Waals surface area contributed by atoms with Crippen LogP contribution in [-0.4, -0.2) is 18.6 Å². The molecule has 0 radical (unpaired) electrons. The van der Waals surface area contributed by atoms with Gasteiger partial charge in [0.15, 0.2) is 5.13 Å². The average molecular weight is 484 g/mol. The molecule has 176 valence electrons. The Balaban J connectivity index is 1.41. The predicted octanol–water partition coefficient (Wildman–Crippen LogP) is 6.70. The van der Waals surface area contributed by atoms with E-state index in [9.17, 15) is 4.79 Å². The second-order valence-corrected chi connectivity index (χ2v) is 8.89. The summed E-state index contributed by atoms with van der Waals surface area (Å²) in [5.41, 5.74) is 4.21. The standard InChI is InChI=1S/C28H25N3O3S/c1-3-31(17-19-9-5-4-6-10-19)21-14-13-20-15-22(27(32)34-26(20)16-21)24-18-35-28(30-24)29-23-11-7-8-12-25(23)33-2/h4-16,18H,3,17H2,1-2H3,(H,29,30). The fraction of sp³-hybridized carbons (Fsp3) is 0.143. The Hall–Kier alpha value is -4.10. The zero-order chi connectivity index (χ0) is 24.2. The van der Waals surface area contributed by atoms with Gasteiger partial charge in [-0.25, -0.2) is 9.78 Å². The van der Waals surface area contributed by atoms with E-state index in [0.29, 0.717) is 22.0 Å². The van der Waals surface area contributed by atoms with E-state index in [1.165, 1.54) is 16.9 Å². The smallest absolute Gasteiger partial charge is 0.345 e. The molecular formula is C28H25N3O3S. The fourth-order valence-electron chi connectivity index (χ4n) is 3.98. The highest BCUT2D eigenvalue weighted by atomic mass is 32.1. The predicted molar refractivity (Wildman–Crippen MR) is 143 cm³/mol. The lowest BCUT2D eigenvalue weighted by Gasteiger charge is -2.23. The van der Waals surface area contributed by atoms with E-state index in [0.717, 1.165) is 35.6 Å². The van der Waals surface area contributed by atoms with Crippen molar-refractivity contribution in [3.05, 3.63) is 100 Å². The largest absolute Gasteiger partial charge is 0.495 e. The maximum atomic E-state index is 12.9. The number of aromatic nitrogens is 1. The summed E-state index contributed by atoms with van der Waals surface area (Å²) in [7, 11) is 1.63. The summed E-state index contributed by atoms with van der Waals surface area (Å²) in [4.78, 5) is 19.7. The molecule has 5 rings (SSSR count). The van der Waals surface area contributed by atoms with Crippen LogP contribution in [0.5, 0.6) is 5.75 Å². The number of anilines is 3. The summed E-state index contributed by atoms with van der Waals surface area (Å²) in [5, 5.41) is 6.63. The molecule has 0 aliphatic rings. The Morgan fingerprint density at radius 1 is 1.03 bits per heavy atom. The third-order valence-electron chi connectivity index (χ3n) is 5.81. The zero-order valence-electron chi connectivity index (χ0n) is 19.5. The van der Waals surface area contributed by atoms with Crippen molar-refractivity contribution in [1.82, 2.24) is 4.98 Å². The third-order valence-corrected chi connectivity index (χ3v) is 6.57. The lowest BCUT2D eigenvalue weighted by Crippen LogP contribution is -2.21. The molecule has 0 bridgehead atoms. The molecule has 6 nitrogen and oxygen atoms in total. The van der Waals surface area contributed by atoms with Crippen LogP contribution >= 0.6 is 11.3 Å². The van der Waals surface area contributed by atoms with Gasteiger partial charge < -0.3 is 19.4 Å². The van der Waals surface area contributed by atoms with Crippen molar-refractivity contribution in [3.63, 3.8) is 0 Å². The summed E-state index contributed by atoms with van der Waals surface area (Å²) in [5.74, 6) is 0.721. The molecule has 2 aromatic heterocycles. The van der Waals surface area contributed by atoms with Crippen molar-refractivity contribution in [2.24, 2.45) is 0 Å². The van der Waals surface area contributed by atoms with Crippen LogP contribution in [-0.2, 0) is 6.54 Å². The van der Waals surface area contributed by atoms with Crippen LogP contribution in [0.4, 0.5) is 16.5 Å². The first-order chi connectivity index (χ1) is 17.1. The number of fused-ring (bicyclic) bond motifs is 1. The monoisotopic (exact) mass is 483 g/mol. The van der Waals surface area contributed by atoms with Crippen LogP contribution in [0.1, 0.15) is 12.5 Å². The van der Waals surface area contributed by atoms with Gasteiger partial charge in [0.25, 0.3) is 0 Å². The van der Waals surface area contributed by atoms with Crippen LogP contribution in [0.3, 0.4) is 0 Å². The minimum Gasteiger partial charge on any atom is -0.495 e. The Morgan fingerprint density at radius 3 is 2.63 bits per heavy atom. The van der Waals surface area contributed by atoms with E-state index < -0.39 is 5.63 Å². The summed E-state index contributed by atoms with van der Waals surface area (Å²) in [6, 6.07) is 25.8. The lowest BCUT2D eigenvalue weighted by atomic mass is 10.1. The molecule has 1 N–H and O–H groups in total. The highest BCUT2D eigenvalue weighted by Gasteiger charge is 2.14. The number of ether oxygens (including phenoxy) is 1. The number of methoxy groups -OCH3 is 1.